The molecule has 2 atom stereocenters. The zero-order chi connectivity index (χ0) is 13.0. The molecule has 102 valence electrons. The molecule has 0 spiro atoms. The fraction of sp³-hybridized carbons (Fsp3) is 0.800. The first kappa shape index (κ1) is 13.6. The highest BCUT2D eigenvalue weighted by atomic mass is 15.3. The van der Waals surface area contributed by atoms with Gasteiger partial charge in [-0.3, -0.25) is 4.68 Å². The first-order valence-electron chi connectivity index (χ1n) is 7.52. The van der Waals surface area contributed by atoms with Crippen molar-refractivity contribution in [3.8, 4) is 0 Å². The van der Waals surface area contributed by atoms with Crippen LogP contribution in [0.4, 0.5) is 0 Å². The van der Waals surface area contributed by atoms with Crippen molar-refractivity contribution in [3.63, 3.8) is 0 Å². The van der Waals surface area contributed by atoms with Crippen molar-refractivity contribution in [2.45, 2.75) is 70.9 Å². The summed E-state index contributed by atoms with van der Waals surface area (Å²) in [5.74, 6) is 0.749. The van der Waals surface area contributed by atoms with E-state index in [0.29, 0.717) is 12.1 Å². The Morgan fingerprint density at radius 3 is 2.83 bits per heavy atom. The van der Waals surface area contributed by atoms with E-state index < -0.39 is 0 Å². The summed E-state index contributed by atoms with van der Waals surface area (Å²) in [6.45, 7) is 4.46. The van der Waals surface area contributed by atoms with E-state index in [2.05, 4.69) is 30.8 Å². The quantitative estimate of drug-likeness (QED) is 0.870. The minimum atomic E-state index is 0.421. The zero-order valence-electron chi connectivity index (χ0n) is 11.8. The molecule has 1 aliphatic rings. The lowest BCUT2D eigenvalue weighted by atomic mass is 9.83. The van der Waals surface area contributed by atoms with Crippen LogP contribution in [0.5, 0.6) is 0 Å². The second-order valence-electron chi connectivity index (χ2n) is 5.75. The van der Waals surface area contributed by atoms with Crippen LogP contribution in [0.25, 0.3) is 0 Å². The molecule has 1 aromatic rings. The fourth-order valence-electron chi connectivity index (χ4n) is 3.17. The van der Waals surface area contributed by atoms with Crippen LogP contribution in [0.15, 0.2) is 12.3 Å². The van der Waals surface area contributed by atoms with Gasteiger partial charge in [-0.25, -0.2) is 0 Å². The Labute approximate surface area is 111 Å². The van der Waals surface area contributed by atoms with Gasteiger partial charge in [0.1, 0.15) is 0 Å². The molecule has 1 fully saturated rings. The Balaban J connectivity index is 1.93. The van der Waals surface area contributed by atoms with Gasteiger partial charge >= 0.3 is 0 Å². The van der Waals surface area contributed by atoms with E-state index >= 15 is 0 Å². The van der Waals surface area contributed by atoms with Gasteiger partial charge in [0, 0.05) is 12.2 Å². The lowest BCUT2D eigenvalue weighted by Gasteiger charge is -2.25. The van der Waals surface area contributed by atoms with Crippen LogP contribution in [0, 0.1) is 5.92 Å². The summed E-state index contributed by atoms with van der Waals surface area (Å²) in [7, 11) is 0. The summed E-state index contributed by atoms with van der Waals surface area (Å²) >= 11 is 0. The molecule has 2 N–H and O–H groups in total. The van der Waals surface area contributed by atoms with Crippen LogP contribution in [-0.4, -0.2) is 15.8 Å². The van der Waals surface area contributed by atoms with Crippen molar-refractivity contribution < 1.29 is 0 Å². The topological polar surface area (TPSA) is 43.8 Å². The molecule has 1 aliphatic carbocycles. The maximum Gasteiger partial charge on any atom is 0.0627 e. The number of nitrogens with zero attached hydrogens (tertiary/aromatic N) is 2. The lowest BCUT2D eigenvalue weighted by Crippen LogP contribution is -2.28. The van der Waals surface area contributed by atoms with Crippen LogP contribution in [0.2, 0.25) is 0 Å². The summed E-state index contributed by atoms with van der Waals surface area (Å²) < 4.78 is 2.15. The maximum absolute atomic E-state index is 6.05. The molecule has 2 unspecified atom stereocenters. The van der Waals surface area contributed by atoms with Gasteiger partial charge in [-0.15, -0.1) is 0 Å². The molecule has 0 amide bonds. The molecule has 3 nitrogen and oxygen atoms in total. The number of aromatic nitrogens is 2. The average molecular weight is 249 g/mol. The largest absolute Gasteiger partial charge is 0.328 e. The first-order chi connectivity index (χ1) is 8.72. The normalized spacial score (nSPS) is 24.7. The van der Waals surface area contributed by atoms with E-state index in [1.54, 1.807) is 0 Å². The highest BCUT2D eigenvalue weighted by Gasteiger charge is 2.20. The Bertz CT molecular complexity index is 354. The Morgan fingerprint density at radius 2 is 2.17 bits per heavy atom. The molecule has 1 heterocycles. The van der Waals surface area contributed by atoms with Gasteiger partial charge in [0.25, 0.3) is 0 Å². The van der Waals surface area contributed by atoms with Crippen LogP contribution in [-0.2, 0) is 6.42 Å². The van der Waals surface area contributed by atoms with Gasteiger partial charge in [-0.05, 0) is 50.5 Å². The standard InChI is InChI=1S/C15H27N3/c1-3-15(4-2)18-9-8-14(17-18)11-12-6-5-7-13(16)10-12/h8-9,12-13,15H,3-7,10-11,16H2,1-2H3. The van der Waals surface area contributed by atoms with Crippen molar-refractivity contribution in [1.29, 1.82) is 0 Å². The molecular weight excluding hydrogens is 222 g/mol. The van der Waals surface area contributed by atoms with Crippen molar-refractivity contribution >= 4 is 0 Å². The molecule has 3 heteroatoms. The number of nitrogens with two attached hydrogens (primary N) is 1. The highest BCUT2D eigenvalue weighted by molar-refractivity contribution is 5.02. The Morgan fingerprint density at radius 1 is 1.39 bits per heavy atom. The predicted molar refractivity (Wildman–Crippen MR) is 75.5 cm³/mol. The van der Waals surface area contributed by atoms with Crippen molar-refractivity contribution in [2.75, 3.05) is 0 Å². The molecule has 18 heavy (non-hydrogen) atoms. The van der Waals surface area contributed by atoms with Gasteiger partial charge < -0.3 is 5.73 Å². The van der Waals surface area contributed by atoms with E-state index in [4.69, 9.17) is 10.8 Å². The molecular formula is C15H27N3. The number of rotatable bonds is 5. The molecule has 0 radical (unpaired) electrons. The molecule has 0 aliphatic heterocycles. The monoisotopic (exact) mass is 249 g/mol. The molecule has 0 bridgehead atoms. The van der Waals surface area contributed by atoms with E-state index in [9.17, 15) is 0 Å². The van der Waals surface area contributed by atoms with E-state index in [-0.39, 0.29) is 0 Å². The number of hydrogen-bond acceptors (Lipinski definition) is 2. The zero-order valence-corrected chi connectivity index (χ0v) is 11.8. The third kappa shape index (κ3) is 3.35. The first-order valence-corrected chi connectivity index (χ1v) is 7.52. The third-order valence-corrected chi connectivity index (χ3v) is 4.30. The molecule has 0 aromatic carbocycles. The average Bonchev–Trinajstić information content (AvgIpc) is 2.79. The van der Waals surface area contributed by atoms with Crippen LogP contribution >= 0.6 is 0 Å². The third-order valence-electron chi connectivity index (χ3n) is 4.30. The minimum absolute atomic E-state index is 0.421. The van der Waals surface area contributed by atoms with Crippen molar-refractivity contribution in [2.24, 2.45) is 11.7 Å². The van der Waals surface area contributed by atoms with E-state index in [0.717, 1.165) is 25.2 Å². The van der Waals surface area contributed by atoms with Crippen LogP contribution in [0.1, 0.15) is 64.1 Å². The summed E-state index contributed by atoms with van der Waals surface area (Å²) in [4.78, 5) is 0. The molecule has 1 aromatic heterocycles. The second-order valence-corrected chi connectivity index (χ2v) is 5.75. The Hall–Kier alpha value is -0.830. The summed E-state index contributed by atoms with van der Waals surface area (Å²) in [5, 5.41) is 4.75. The molecule has 0 saturated heterocycles. The van der Waals surface area contributed by atoms with Crippen LogP contribution < -0.4 is 5.73 Å². The Kier molecular flexibility index (Phi) is 4.81. The fourth-order valence-corrected chi connectivity index (χ4v) is 3.17. The SMILES string of the molecule is CCC(CC)n1ccc(CC2CCCC(N)C2)n1. The lowest BCUT2D eigenvalue weighted by molar-refractivity contribution is 0.317. The second kappa shape index (κ2) is 6.37. The van der Waals surface area contributed by atoms with Gasteiger partial charge in [0.15, 0.2) is 0 Å². The van der Waals surface area contributed by atoms with Crippen LogP contribution in [0.3, 0.4) is 0 Å². The van der Waals surface area contributed by atoms with E-state index in [1.165, 1.54) is 31.4 Å². The molecule has 1 saturated carbocycles. The van der Waals surface area contributed by atoms with Crippen molar-refractivity contribution in [1.82, 2.24) is 9.78 Å². The van der Waals surface area contributed by atoms with Gasteiger partial charge in [-0.2, -0.15) is 5.10 Å². The summed E-state index contributed by atoms with van der Waals surface area (Å²) in [6, 6.07) is 3.18. The van der Waals surface area contributed by atoms with Gasteiger partial charge in [-0.1, -0.05) is 20.3 Å². The maximum atomic E-state index is 6.05. The van der Waals surface area contributed by atoms with E-state index in [1.807, 2.05) is 0 Å². The summed E-state index contributed by atoms with van der Waals surface area (Å²) in [6.07, 6.45) is 10.6. The predicted octanol–water partition coefficient (Wildman–Crippen LogP) is 3.30. The van der Waals surface area contributed by atoms with Gasteiger partial charge in [0.2, 0.25) is 0 Å². The van der Waals surface area contributed by atoms with Crippen molar-refractivity contribution in [3.05, 3.63) is 18.0 Å². The highest BCUT2D eigenvalue weighted by Crippen LogP contribution is 2.26. The smallest absolute Gasteiger partial charge is 0.0627 e. The number of hydrogen-bond donors (Lipinski definition) is 1. The minimum Gasteiger partial charge on any atom is -0.328 e. The van der Waals surface area contributed by atoms with Gasteiger partial charge in [0.05, 0.1) is 11.7 Å². The summed E-state index contributed by atoms with van der Waals surface area (Å²) in [5.41, 5.74) is 7.30. The molecule has 2 rings (SSSR count).